The average Bonchev–Trinajstić information content (AvgIpc) is 3.55. The van der Waals surface area contributed by atoms with Crippen LogP contribution in [0.1, 0.15) is 59.5 Å². The van der Waals surface area contributed by atoms with Crippen LogP contribution in [0.2, 0.25) is 0 Å². The number of fused-ring (bicyclic) bond motifs is 1. The van der Waals surface area contributed by atoms with Crippen molar-refractivity contribution in [3.05, 3.63) is 46.9 Å². The summed E-state index contributed by atoms with van der Waals surface area (Å²) >= 11 is 0. The maximum absolute atomic E-state index is 13.1. The molecule has 2 saturated heterocycles. The predicted molar refractivity (Wildman–Crippen MR) is 128 cm³/mol. The van der Waals surface area contributed by atoms with Gasteiger partial charge in [0.1, 0.15) is 11.6 Å². The molecule has 33 heavy (non-hydrogen) atoms. The van der Waals surface area contributed by atoms with Gasteiger partial charge in [0.2, 0.25) is 5.91 Å². The highest BCUT2D eigenvalue weighted by Crippen LogP contribution is 2.31. The number of rotatable bonds is 4. The fourth-order valence-electron chi connectivity index (χ4n) is 5.22. The van der Waals surface area contributed by atoms with E-state index >= 15 is 0 Å². The Balaban J connectivity index is 1.29. The van der Waals surface area contributed by atoms with E-state index in [1.165, 1.54) is 18.5 Å². The van der Waals surface area contributed by atoms with E-state index in [1.54, 1.807) is 6.92 Å². The molecule has 3 aliphatic heterocycles. The van der Waals surface area contributed by atoms with E-state index in [0.29, 0.717) is 26.2 Å². The highest BCUT2D eigenvalue weighted by atomic mass is 16.2. The van der Waals surface area contributed by atoms with Gasteiger partial charge in [-0.1, -0.05) is 0 Å². The summed E-state index contributed by atoms with van der Waals surface area (Å²) in [5, 5.41) is 3.19. The van der Waals surface area contributed by atoms with Crippen LogP contribution in [0.4, 0.5) is 11.5 Å². The number of carbonyl (C=O) groups excluding carboxylic acids is 2. The Morgan fingerprint density at radius 2 is 1.76 bits per heavy atom. The smallest absolute Gasteiger partial charge is 0.253 e. The Morgan fingerprint density at radius 1 is 1.00 bits per heavy atom. The third kappa shape index (κ3) is 4.26. The Morgan fingerprint density at radius 3 is 2.45 bits per heavy atom. The number of anilines is 2. The molecule has 4 heterocycles. The summed E-state index contributed by atoms with van der Waals surface area (Å²) in [5.41, 5.74) is 3.97. The summed E-state index contributed by atoms with van der Waals surface area (Å²) in [5.74, 6) is 1.87. The summed E-state index contributed by atoms with van der Waals surface area (Å²) < 4.78 is 0. The van der Waals surface area contributed by atoms with Crippen LogP contribution in [0.5, 0.6) is 0 Å². The molecule has 0 radical (unpaired) electrons. The molecular formula is C25H32N6O2. The van der Waals surface area contributed by atoms with Crippen molar-refractivity contribution < 1.29 is 9.59 Å². The molecule has 1 aromatic carbocycles. The van der Waals surface area contributed by atoms with Crippen LogP contribution >= 0.6 is 0 Å². The first-order valence-corrected chi connectivity index (χ1v) is 12.0. The van der Waals surface area contributed by atoms with E-state index in [-0.39, 0.29) is 17.7 Å². The van der Waals surface area contributed by atoms with Crippen LogP contribution < -0.4 is 10.2 Å². The normalized spacial score (nSPS) is 20.2. The van der Waals surface area contributed by atoms with Gasteiger partial charge in [0, 0.05) is 75.8 Å². The molecule has 8 heteroatoms. The van der Waals surface area contributed by atoms with E-state index in [4.69, 9.17) is 9.97 Å². The first kappa shape index (κ1) is 21.7. The summed E-state index contributed by atoms with van der Waals surface area (Å²) in [7, 11) is 1.86. The second-order valence-corrected chi connectivity index (χ2v) is 9.27. The number of aromatic nitrogens is 2. The topological polar surface area (TPSA) is 81.7 Å². The van der Waals surface area contributed by atoms with Crippen LogP contribution in [-0.2, 0) is 17.8 Å². The molecule has 1 atom stereocenters. The minimum absolute atomic E-state index is 0.0742. The Hall–Kier alpha value is -3.16. The quantitative estimate of drug-likeness (QED) is 0.775. The first-order valence-electron chi connectivity index (χ1n) is 12.0. The van der Waals surface area contributed by atoms with Gasteiger partial charge in [-0.2, -0.15) is 0 Å². The van der Waals surface area contributed by atoms with Crippen molar-refractivity contribution >= 4 is 23.3 Å². The average molecular weight is 449 g/mol. The van der Waals surface area contributed by atoms with Gasteiger partial charge in [0.15, 0.2) is 0 Å². The first-order chi connectivity index (χ1) is 16.0. The SMILES string of the molecule is CNc1nc(C2CCN(C(=O)c3ccc(N4CCCC4)cc3)C2)nc2c1CN(C(C)=O)CC2. The summed E-state index contributed by atoms with van der Waals surface area (Å²) in [6.45, 7) is 6.38. The summed E-state index contributed by atoms with van der Waals surface area (Å²) in [6, 6.07) is 8.06. The maximum Gasteiger partial charge on any atom is 0.253 e. The number of nitrogens with one attached hydrogen (secondary N) is 1. The van der Waals surface area contributed by atoms with Crippen LogP contribution in [-0.4, -0.2) is 71.4 Å². The van der Waals surface area contributed by atoms with Gasteiger partial charge in [0.25, 0.3) is 5.91 Å². The van der Waals surface area contributed by atoms with Gasteiger partial charge in [-0.3, -0.25) is 9.59 Å². The molecule has 3 aliphatic rings. The molecule has 1 aromatic heterocycles. The highest BCUT2D eigenvalue weighted by Gasteiger charge is 2.32. The van der Waals surface area contributed by atoms with Crippen molar-refractivity contribution in [2.24, 2.45) is 0 Å². The fraction of sp³-hybridized carbons (Fsp3) is 0.520. The van der Waals surface area contributed by atoms with E-state index in [2.05, 4.69) is 22.3 Å². The number of benzene rings is 1. The molecule has 2 fully saturated rings. The van der Waals surface area contributed by atoms with Crippen molar-refractivity contribution in [3.8, 4) is 0 Å². The number of hydrogen-bond donors (Lipinski definition) is 1. The van der Waals surface area contributed by atoms with Crippen molar-refractivity contribution in [2.45, 2.75) is 45.1 Å². The van der Waals surface area contributed by atoms with Gasteiger partial charge in [-0.25, -0.2) is 9.97 Å². The molecule has 1 unspecified atom stereocenters. The molecule has 5 rings (SSSR count). The number of hydrogen-bond acceptors (Lipinski definition) is 6. The lowest BCUT2D eigenvalue weighted by Crippen LogP contribution is -2.35. The fourth-order valence-corrected chi connectivity index (χ4v) is 5.22. The Kier molecular flexibility index (Phi) is 5.91. The third-order valence-corrected chi connectivity index (χ3v) is 7.19. The van der Waals surface area contributed by atoms with E-state index in [9.17, 15) is 9.59 Å². The van der Waals surface area contributed by atoms with Crippen molar-refractivity contribution in [3.63, 3.8) is 0 Å². The van der Waals surface area contributed by atoms with E-state index < -0.39 is 0 Å². The van der Waals surface area contributed by atoms with Crippen molar-refractivity contribution in [2.75, 3.05) is 50.0 Å². The van der Waals surface area contributed by atoms with E-state index in [1.807, 2.05) is 29.0 Å². The minimum Gasteiger partial charge on any atom is -0.373 e. The minimum atomic E-state index is 0.0742. The standard InChI is InChI=1S/C25H32N6O2/c1-17(32)30-14-10-22-21(16-30)24(26-2)28-23(27-22)19-9-13-31(15-19)25(33)18-5-7-20(8-6-18)29-11-3-4-12-29/h5-8,19H,3-4,9-16H2,1-2H3,(H,26,27,28). The molecule has 2 aromatic rings. The molecular weight excluding hydrogens is 416 g/mol. The largest absolute Gasteiger partial charge is 0.373 e. The maximum atomic E-state index is 13.1. The molecule has 2 amide bonds. The van der Waals surface area contributed by atoms with Crippen molar-refractivity contribution in [1.29, 1.82) is 0 Å². The van der Waals surface area contributed by atoms with Gasteiger partial charge in [0.05, 0.1) is 12.2 Å². The predicted octanol–water partition coefficient (Wildman–Crippen LogP) is 2.65. The molecule has 174 valence electrons. The zero-order valence-corrected chi connectivity index (χ0v) is 19.5. The second kappa shape index (κ2) is 9.00. The molecule has 0 spiro atoms. The Labute approximate surface area is 195 Å². The zero-order chi connectivity index (χ0) is 22.9. The zero-order valence-electron chi connectivity index (χ0n) is 19.5. The molecule has 1 N–H and O–H groups in total. The summed E-state index contributed by atoms with van der Waals surface area (Å²) in [4.78, 5) is 40.8. The van der Waals surface area contributed by atoms with Crippen molar-refractivity contribution in [1.82, 2.24) is 19.8 Å². The van der Waals surface area contributed by atoms with Gasteiger partial charge < -0.3 is 20.0 Å². The number of likely N-dealkylation sites (tertiary alicyclic amines) is 1. The molecule has 0 bridgehead atoms. The van der Waals surface area contributed by atoms with Crippen LogP contribution in [0.15, 0.2) is 24.3 Å². The number of nitrogens with zero attached hydrogens (tertiary/aromatic N) is 5. The molecule has 8 nitrogen and oxygen atoms in total. The lowest BCUT2D eigenvalue weighted by atomic mass is 10.0. The summed E-state index contributed by atoms with van der Waals surface area (Å²) in [6.07, 6.45) is 4.08. The molecule has 0 saturated carbocycles. The van der Waals surface area contributed by atoms with Crippen LogP contribution in [0.3, 0.4) is 0 Å². The number of amides is 2. The highest BCUT2D eigenvalue weighted by molar-refractivity contribution is 5.94. The second-order valence-electron chi connectivity index (χ2n) is 9.27. The van der Waals surface area contributed by atoms with Crippen LogP contribution in [0.25, 0.3) is 0 Å². The monoisotopic (exact) mass is 448 g/mol. The van der Waals surface area contributed by atoms with Gasteiger partial charge >= 0.3 is 0 Å². The van der Waals surface area contributed by atoms with E-state index in [0.717, 1.165) is 54.4 Å². The molecule has 0 aliphatic carbocycles. The Bertz CT molecular complexity index is 1030. The number of carbonyl (C=O) groups is 2. The van der Waals surface area contributed by atoms with Gasteiger partial charge in [-0.15, -0.1) is 0 Å². The lowest BCUT2D eigenvalue weighted by molar-refractivity contribution is -0.129. The van der Waals surface area contributed by atoms with Gasteiger partial charge in [-0.05, 0) is 43.5 Å². The van der Waals surface area contributed by atoms with Crippen LogP contribution in [0, 0.1) is 0 Å². The third-order valence-electron chi connectivity index (χ3n) is 7.19. The lowest BCUT2D eigenvalue weighted by Gasteiger charge is -2.29.